The Morgan fingerprint density at radius 2 is 1.74 bits per heavy atom. The van der Waals surface area contributed by atoms with Crippen LogP contribution in [0.1, 0.15) is 47.6 Å². The molecule has 0 aliphatic carbocycles. The fourth-order valence-electron chi connectivity index (χ4n) is 3.97. The van der Waals surface area contributed by atoms with Crippen LogP contribution in [0.15, 0.2) is 24.3 Å². The molecule has 1 aliphatic rings. The zero-order chi connectivity index (χ0) is 19.9. The Labute approximate surface area is 159 Å². The summed E-state index contributed by atoms with van der Waals surface area (Å²) in [6.07, 6.45) is 0.475. The van der Waals surface area contributed by atoms with Crippen LogP contribution in [0, 0.1) is 32.1 Å². The lowest BCUT2D eigenvalue weighted by Gasteiger charge is -2.28. The SMILES string of the molecule is Cc1cc(C)cc(-n2nc(C(=O)N3CCC(C(=O)O)(C(C)C)C3)cc2C)c1. The topological polar surface area (TPSA) is 75.4 Å². The van der Waals surface area contributed by atoms with Gasteiger partial charge in [0.05, 0.1) is 11.1 Å². The Hall–Kier alpha value is -2.63. The molecule has 1 fully saturated rings. The fraction of sp³-hybridized carbons (Fsp3) is 0.476. The zero-order valence-corrected chi connectivity index (χ0v) is 16.6. The first kappa shape index (κ1) is 19.1. The Kier molecular flexibility index (Phi) is 4.84. The van der Waals surface area contributed by atoms with Crippen molar-refractivity contribution < 1.29 is 14.7 Å². The molecule has 1 unspecified atom stereocenters. The van der Waals surface area contributed by atoms with Gasteiger partial charge in [-0.2, -0.15) is 5.10 Å². The third-order valence-electron chi connectivity index (χ3n) is 5.68. The number of hydrogen-bond donors (Lipinski definition) is 1. The number of aryl methyl sites for hydroxylation is 3. The molecule has 1 aromatic carbocycles. The summed E-state index contributed by atoms with van der Waals surface area (Å²) in [5.41, 5.74) is 3.55. The first-order chi connectivity index (χ1) is 12.6. The van der Waals surface area contributed by atoms with Crippen LogP contribution < -0.4 is 0 Å². The smallest absolute Gasteiger partial charge is 0.311 e. The highest BCUT2D eigenvalue weighted by molar-refractivity contribution is 5.93. The van der Waals surface area contributed by atoms with Crippen molar-refractivity contribution in [2.24, 2.45) is 11.3 Å². The Morgan fingerprint density at radius 1 is 1.11 bits per heavy atom. The van der Waals surface area contributed by atoms with Crippen molar-refractivity contribution in [3.8, 4) is 5.69 Å². The lowest BCUT2D eigenvalue weighted by Crippen LogP contribution is -2.40. The standard InChI is InChI=1S/C21H27N3O3/c1-13(2)21(20(26)27)6-7-23(12-21)19(25)18-11-16(5)24(22-18)17-9-14(3)8-15(4)10-17/h8-11,13H,6-7,12H2,1-5H3,(H,26,27). The summed E-state index contributed by atoms with van der Waals surface area (Å²) >= 11 is 0. The van der Waals surface area contributed by atoms with E-state index < -0.39 is 11.4 Å². The minimum atomic E-state index is -0.874. The molecule has 1 aromatic heterocycles. The van der Waals surface area contributed by atoms with Gasteiger partial charge in [-0.1, -0.05) is 19.9 Å². The van der Waals surface area contributed by atoms with Crippen molar-refractivity contribution in [1.82, 2.24) is 14.7 Å². The molecule has 2 heterocycles. The highest BCUT2D eigenvalue weighted by Crippen LogP contribution is 2.38. The largest absolute Gasteiger partial charge is 0.481 e. The molecule has 6 nitrogen and oxygen atoms in total. The molecule has 0 spiro atoms. The van der Waals surface area contributed by atoms with Gasteiger partial charge in [0.15, 0.2) is 5.69 Å². The number of rotatable bonds is 4. The van der Waals surface area contributed by atoms with Gasteiger partial charge in [-0.3, -0.25) is 9.59 Å². The number of aliphatic carboxylic acids is 1. The summed E-state index contributed by atoms with van der Waals surface area (Å²) in [6, 6.07) is 7.93. The van der Waals surface area contributed by atoms with E-state index in [4.69, 9.17) is 0 Å². The van der Waals surface area contributed by atoms with Crippen molar-refractivity contribution in [2.45, 2.75) is 41.0 Å². The fourth-order valence-corrected chi connectivity index (χ4v) is 3.97. The van der Waals surface area contributed by atoms with E-state index in [1.165, 1.54) is 0 Å². The number of likely N-dealkylation sites (tertiary alicyclic amines) is 1. The van der Waals surface area contributed by atoms with Crippen molar-refractivity contribution in [2.75, 3.05) is 13.1 Å². The maximum absolute atomic E-state index is 13.0. The molecule has 1 aliphatic heterocycles. The van der Waals surface area contributed by atoms with Crippen LogP contribution in [0.5, 0.6) is 0 Å². The van der Waals surface area contributed by atoms with Crippen LogP contribution in [0.25, 0.3) is 5.69 Å². The van der Waals surface area contributed by atoms with Crippen molar-refractivity contribution >= 4 is 11.9 Å². The quantitative estimate of drug-likeness (QED) is 0.896. The van der Waals surface area contributed by atoms with Gasteiger partial charge in [0.2, 0.25) is 0 Å². The van der Waals surface area contributed by atoms with E-state index in [2.05, 4.69) is 11.2 Å². The number of carboxylic acids is 1. The second kappa shape index (κ2) is 6.83. The predicted molar refractivity (Wildman–Crippen MR) is 103 cm³/mol. The molecule has 1 N–H and O–H groups in total. The van der Waals surface area contributed by atoms with E-state index in [0.29, 0.717) is 18.7 Å². The number of benzene rings is 1. The minimum Gasteiger partial charge on any atom is -0.481 e. The lowest BCUT2D eigenvalue weighted by atomic mass is 9.76. The van der Waals surface area contributed by atoms with Crippen LogP contribution in [0.3, 0.4) is 0 Å². The third-order valence-corrected chi connectivity index (χ3v) is 5.68. The molecular weight excluding hydrogens is 342 g/mol. The van der Waals surface area contributed by atoms with Gasteiger partial charge in [0.1, 0.15) is 0 Å². The molecule has 3 rings (SSSR count). The molecule has 0 radical (unpaired) electrons. The number of carbonyl (C=O) groups is 2. The molecule has 0 bridgehead atoms. The highest BCUT2D eigenvalue weighted by Gasteiger charge is 2.48. The van der Waals surface area contributed by atoms with Crippen LogP contribution in [0.4, 0.5) is 0 Å². The van der Waals surface area contributed by atoms with Gasteiger partial charge in [0.25, 0.3) is 5.91 Å². The lowest BCUT2D eigenvalue weighted by molar-refractivity contribution is -0.150. The molecule has 0 saturated carbocycles. The number of carbonyl (C=O) groups excluding carboxylic acids is 1. The summed E-state index contributed by atoms with van der Waals surface area (Å²) in [7, 11) is 0. The number of carboxylic acid groups (broad SMARTS) is 1. The molecule has 27 heavy (non-hydrogen) atoms. The summed E-state index contributed by atoms with van der Waals surface area (Å²) in [5, 5.41) is 14.2. The maximum atomic E-state index is 13.0. The second-order valence-corrected chi connectivity index (χ2v) is 8.02. The summed E-state index contributed by atoms with van der Waals surface area (Å²) in [4.78, 5) is 26.4. The molecule has 1 atom stereocenters. The minimum absolute atomic E-state index is 0.0395. The number of aromatic nitrogens is 2. The molecule has 6 heteroatoms. The van der Waals surface area contributed by atoms with Gasteiger partial charge in [-0.25, -0.2) is 4.68 Å². The van der Waals surface area contributed by atoms with Crippen LogP contribution >= 0.6 is 0 Å². The third kappa shape index (κ3) is 3.36. The van der Waals surface area contributed by atoms with Gasteiger partial charge < -0.3 is 10.0 Å². The predicted octanol–water partition coefficient (Wildman–Crippen LogP) is 3.37. The summed E-state index contributed by atoms with van der Waals surface area (Å²) < 4.78 is 1.77. The Morgan fingerprint density at radius 3 is 2.26 bits per heavy atom. The maximum Gasteiger partial charge on any atom is 0.311 e. The monoisotopic (exact) mass is 369 g/mol. The average molecular weight is 369 g/mol. The highest BCUT2D eigenvalue weighted by atomic mass is 16.4. The van der Waals surface area contributed by atoms with Crippen molar-refractivity contribution in [3.05, 3.63) is 46.8 Å². The van der Waals surface area contributed by atoms with Crippen LogP contribution in [-0.4, -0.2) is 44.8 Å². The summed E-state index contributed by atoms with van der Waals surface area (Å²) in [6.45, 7) is 10.5. The van der Waals surface area contributed by atoms with E-state index in [0.717, 1.165) is 22.5 Å². The molecule has 1 amide bonds. The average Bonchev–Trinajstić information content (AvgIpc) is 3.18. The van der Waals surface area contributed by atoms with Crippen molar-refractivity contribution in [1.29, 1.82) is 0 Å². The first-order valence-electron chi connectivity index (χ1n) is 9.32. The number of hydrogen-bond acceptors (Lipinski definition) is 3. The van der Waals surface area contributed by atoms with E-state index in [1.807, 2.05) is 46.8 Å². The van der Waals surface area contributed by atoms with Gasteiger partial charge >= 0.3 is 5.97 Å². The van der Waals surface area contributed by atoms with E-state index >= 15 is 0 Å². The van der Waals surface area contributed by atoms with E-state index in [-0.39, 0.29) is 18.4 Å². The van der Waals surface area contributed by atoms with Gasteiger partial charge in [-0.15, -0.1) is 0 Å². The Balaban J connectivity index is 1.88. The van der Waals surface area contributed by atoms with Crippen molar-refractivity contribution in [3.63, 3.8) is 0 Å². The molecule has 144 valence electrons. The molecule has 2 aromatic rings. The number of nitrogens with zero attached hydrogens (tertiary/aromatic N) is 3. The van der Waals surface area contributed by atoms with Gasteiger partial charge in [-0.05, 0) is 62.4 Å². The molecular formula is C21H27N3O3. The van der Waals surface area contributed by atoms with Gasteiger partial charge in [0, 0.05) is 18.8 Å². The molecule has 1 saturated heterocycles. The second-order valence-electron chi connectivity index (χ2n) is 8.02. The normalized spacial score (nSPS) is 19.7. The first-order valence-corrected chi connectivity index (χ1v) is 9.32. The zero-order valence-electron chi connectivity index (χ0n) is 16.6. The van der Waals surface area contributed by atoms with Crippen LogP contribution in [-0.2, 0) is 4.79 Å². The number of amides is 1. The summed E-state index contributed by atoms with van der Waals surface area (Å²) in [5.74, 6) is -1.07. The Bertz CT molecular complexity index is 880. The van der Waals surface area contributed by atoms with E-state index in [9.17, 15) is 14.7 Å². The van der Waals surface area contributed by atoms with E-state index in [1.54, 1.807) is 15.6 Å². The van der Waals surface area contributed by atoms with Crippen LogP contribution in [0.2, 0.25) is 0 Å².